The number of quaternary nitrogens is 1. The van der Waals surface area contributed by atoms with E-state index in [0.29, 0.717) is 28.0 Å². The van der Waals surface area contributed by atoms with E-state index in [0.717, 1.165) is 0 Å². The van der Waals surface area contributed by atoms with E-state index in [4.69, 9.17) is 24.4 Å². The first kappa shape index (κ1) is 41.1. The maximum absolute atomic E-state index is 14.7. The molecule has 0 saturated carbocycles. The summed E-state index contributed by atoms with van der Waals surface area (Å²) in [5.41, 5.74) is -1.41. The molecule has 2 bridgehead atoms. The van der Waals surface area contributed by atoms with Crippen molar-refractivity contribution in [2.24, 2.45) is 15.0 Å². The van der Waals surface area contributed by atoms with Gasteiger partial charge in [0.25, 0.3) is 5.84 Å². The summed E-state index contributed by atoms with van der Waals surface area (Å²) in [7, 11) is 0. The van der Waals surface area contributed by atoms with Crippen molar-refractivity contribution in [2.45, 2.75) is 68.1 Å². The first-order chi connectivity index (χ1) is 28.9. The second-order valence-electron chi connectivity index (χ2n) is 15.0. The summed E-state index contributed by atoms with van der Waals surface area (Å²) in [5.74, 6) is -3.94. The van der Waals surface area contributed by atoms with Crippen molar-refractivity contribution in [1.29, 1.82) is 5.41 Å². The van der Waals surface area contributed by atoms with Gasteiger partial charge in [0.2, 0.25) is 12.2 Å². The average Bonchev–Trinajstić information content (AvgIpc) is 3.65. The highest BCUT2D eigenvalue weighted by atomic mass is 16.7. The van der Waals surface area contributed by atoms with Crippen LogP contribution in [-0.4, -0.2) is 141 Å². The normalized spacial score (nSPS) is 27.8. The van der Waals surface area contributed by atoms with E-state index < -0.39 is 97.6 Å². The summed E-state index contributed by atoms with van der Waals surface area (Å²) in [4.78, 5) is 53.3. The number of aliphatic hydroxyl groups is 6. The number of aliphatic hydroxyl groups excluding tert-OH is 5. The standard InChI is InChI=1S/C41H41N5O14/c42-40-44-37-30(38(55)45-40)43-18-46(37)27-4-2-1-3-22(27)21-8-12-57-17-28-33(53)36(54)41(56,9-11-48)39(59-28)60-34-25(21)14-26-29(35(34)58-16-20(50)7-10-47)32(52)24-13-19(15-49)5-6-23(24)31(26)51/h1-6,10,13-14,20-21,28,33,36,39,48-50,53-54,56H,7-9,11-12,15-18H2,(H2,42,45,55)/t20-,21-,28-,33+,36-,39-,41+/m1/s1. The van der Waals surface area contributed by atoms with Crippen molar-refractivity contribution in [2.75, 3.05) is 33.1 Å². The molecular weight excluding hydrogens is 786 g/mol. The molecule has 1 saturated heterocycles. The summed E-state index contributed by atoms with van der Waals surface area (Å²) in [6.45, 7) is -2.08. The quantitative estimate of drug-likeness (QED) is 0.0789. The summed E-state index contributed by atoms with van der Waals surface area (Å²) in [6.07, 6.45) is -8.63. The first-order valence-electron chi connectivity index (χ1n) is 19.2. The van der Waals surface area contributed by atoms with Crippen LogP contribution in [0.1, 0.15) is 73.7 Å². The number of amidine groups is 1. The number of rotatable bonds is 10. The van der Waals surface area contributed by atoms with E-state index in [2.05, 4.69) is 15.0 Å². The molecule has 19 nitrogen and oxygen atoms in total. The van der Waals surface area contributed by atoms with E-state index in [1.165, 1.54) is 24.3 Å². The van der Waals surface area contributed by atoms with Crippen LogP contribution >= 0.6 is 0 Å². The lowest BCUT2D eigenvalue weighted by molar-refractivity contribution is -0.723. The summed E-state index contributed by atoms with van der Waals surface area (Å²) in [6, 6.07) is 12.8. The Bertz CT molecular complexity index is 2360. The van der Waals surface area contributed by atoms with Gasteiger partial charge in [0.1, 0.15) is 36.9 Å². The molecule has 0 amide bonds. The summed E-state index contributed by atoms with van der Waals surface area (Å²) in [5, 5.41) is 86.1. The molecule has 314 valence electrons. The number of nitrogens with zero attached hydrogens (tertiary/aromatic N) is 3. The van der Waals surface area contributed by atoms with Crippen LogP contribution in [0.15, 0.2) is 63.5 Å². The van der Waals surface area contributed by atoms with Crippen LogP contribution in [0.25, 0.3) is 0 Å². The van der Waals surface area contributed by atoms with Gasteiger partial charge in [0, 0.05) is 65.7 Å². The van der Waals surface area contributed by atoms with Gasteiger partial charge in [0.15, 0.2) is 41.0 Å². The Balaban J connectivity index is 1.39. The van der Waals surface area contributed by atoms with Gasteiger partial charge in [-0.3, -0.25) is 15.0 Å². The third-order valence-electron chi connectivity index (χ3n) is 11.3. The fourth-order valence-electron chi connectivity index (χ4n) is 8.30. The predicted molar refractivity (Wildman–Crippen MR) is 205 cm³/mol. The maximum Gasteiger partial charge on any atom is 0.262 e. The van der Waals surface area contributed by atoms with Crippen LogP contribution in [0.4, 0.5) is 5.69 Å². The van der Waals surface area contributed by atoms with Gasteiger partial charge in [-0.05, 0) is 36.2 Å². The number of para-hydroxylation sites is 1. The van der Waals surface area contributed by atoms with Gasteiger partial charge in [-0.1, -0.05) is 24.3 Å². The molecule has 60 heavy (non-hydrogen) atoms. The second-order valence-corrected chi connectivity index (χ2v) is 15.0. The predicted octanol–water partition coefficient (Wildman–Crippen LogP) is -2.19. The van der Waals surface area contributed by atoms with Crippen molar-refractivity contribution in [3.8, 4) is 11.5 Å². The number of carbonyl (C=O) groups excluding carboxylic acids is 3. The molecule has 3 aromatic rings. The first-order valence-corrected chi connectivity index (χ1v) is 19.2. The van der Waals surface area contributed by atoms with Crippen LogP contribution in [0.3, 0.4) is 0 Å². The zero-order valence-electron chi connectivity index (χ0n) is 31.8. The smallest absolute Gasteiger partial charge is 0.262 e. The number of ether oxygens (including phenoxy) is 4. The van der Waals surface area contributed by atoms with E-state index in [1.54, 1.807) is 24.3 Å². The Labute approximate surface area is 341 Å². The molecule has 0 aromatic heterocycles. The van der Waals surface area contributed by atoms with Crippen LogP contribution in [-0.2, 0) is 20.9 Å². The van der Waals surface area contributed by atoms with Crippen LogP contribution in [0, 0.1) is 5.41 Å². The van der Waals surface area contributed by atoms with E-state index in [-0.39, 0.29) is 77.8 Å². The largest absolute Gasteiger partial charge is 0.857 e. The van der Waals surface area contributed by atoms with Gasteiger partial charge in [-0.2, -0.15) is 4.99 Å². The van der Waals surface area contributed by atoms with Gasteiger partial charge < -0.3 is 59.5 Å². The molecule has 4 heterocycles. The summed E-state index contributed by atoms with van der Waals surface area (Å²) < 4.78 is 25.0. The fourth-order valence-corrected chi connectivity index (χ4v) is 8.30. The minimum Gasteiger partial charge on any atom is -0.857 e. The Morgan fingerprint density at radius 2 is 1.85 bits per heavy atom. The molecule has 5 aliphatic rings. The second kappa shape index (κ2) is 16.4. The van der Waals surface area contributed by atoms with Gasteiger partial charge in [-0.15, -0.1) is 0 Å². The molecule has 1 unspecified atom stereocenters. The number of guanidine groups is 1. The Morgan fingerprint density at radius 3 is 2.62 bits per heavy atom. The number of carbonyl (C=O) groups is 3. The van der Waals surface area contributed by atoms with Crippen molar-refractivity contribution in [3.63, 3.8) is 0 Å². The Morgan fingerprint density at radius 1 is 1.05 bits per heavy atom. The fraction of sp³-hybridized carbons (Fsp3) is 0.390. The zero-order chi connectivity index (χ0) is 42.5. The molecule has 8 atom stereocenters. The Kier molecular flexibility index (Phi) is 11.3. The molecule has 8 N–H and O–H groups in total. The third kappa shape index (κ3) is 7.02. The van der Waals surface area contributed by atoms with Gasteiger partial charge in [0.05, 0.1) is 24.9 Å². The van der Waals surface area contributed by atoms with Gasteiger partial charge in [-0.25, -0.2) is 14.9 Å². The number of aliphatic imine (C=N–C) groups is 3. The monoisotopic (exact) mass is 827 g/mol. The lowest BCUT2D eigenvalue weighted by Gasteiger charge is -2.47. The molecule has 19 heteroatoms. The highest BCUT2D eigenvalue weighted by Crippen LogP contribution is 2.50. The highest BCUT2D eigenvalue weighted by molar-refractivity contribution is 6.66. The number of ketones is 2. The lowest BCUT2D eigenvalue weighted by Crippen LogP contribution is -3.09. The van der Waals surface area contributed by atoms with E-state index in [1.807, 2.05) is 0 Å². The maximum atomic E-state index is 14.7. The van der Waals surface area contributed by atoms with Crippen LogP contribution < -0.4 is 19.5 Å². The topological polar surface area (TPSA) is 298 Å². The van der Waals surface area contributed by atoms with Crippen molar-refractivity contribution >= 4 is 46.9 Å². The number of hydrogen-bond acceptors (Lipinski definition) is 16. The van der Waals surface area contributed by atoms with E-state index in [9.17, 15) is 50.1 Å². The van der Waals surface area contributed by atoms with E-state index >= 15 is 0 Å². The number of fused-ring (bicyclic) bond motifs is 6. The molecule has 0 radical (unpaired) electrons. The van der Waals surface area contributed by atoms with Crippen molar-refractivity contribution in [3.05, 3.63) is 87.5 Å². The van der Waals surface area contributed by atoms with Crippen LogP contribution in [0.5, 0.6) is 11.5 Å². The average molecular weight is 828 g/mol. The van der Waals surface area contributed by atoms with Crippen molar-refractivity contribution < 1.29 is 74.0 Å². The number of hydrogen-bond donors (Lipinski definition) is 8. The third-order valence-corrected chi connectivity index (χ3v) is 11.3. The highest BCUT2D eigenvalue weighted by Gasteiger charge is 2.57. The summed E-state index contributed by atoms with van der Waals surface area (Å²) >= 11 is 0. The molecule has 1 fully saturated rings. The molecule has 4 aliphatic heterocycles. The zero-order valence-corrected chi connectivity index (χ0v) is 31.8. The molecule has 3 aromatic carbocycles. The molecule has 1 aliphatic carbocycles. The minimum atomic E-state index is -2.50. The SMILES string of the molecule is N=C1N=C([O-])C2=NC[NH+](c3ccccc3[C@H]3CCOC[C@H]4O[C@H](Oc5c3cc3c(c5OC[C@H](O)CC=O)C(=O)c5cc(CO)ccc5C3=O)[C@](O)(CCO)[C@H](O)[C@H]4O)C2=N1. The van der Waals surface area contributed by atoms with Crippen molar-refractivity contribution in [1.82, 2.24) is 0 Å². The number of aldehydes is 1. The Hall–Kier alpha value is -5.61. The molecule has 8 rings (SSSR count). The number of benzene rings is 3. The lowest BCUT2D eigenvalue weighted by atomic mass is 9.78. The number of nitrogens with one attached hydrogen (secondary N) is 2. The van der Waals surface area contributed by atoms with Gasteiger partial charge >= 0.3 is 0 Å². The minimum absolute atomic E-state index is 0.000625. The van der Waals surface area contributed by atoms with Crippen LogP contribution in [0.2, 0.25) is 0 Å². The molecular formula is C41H41N5O14. The molecule has 0 spiro atoms.